The Morgan fingerprint density at radius 2 is 1.33 bits per heavy atom. The molecule has 0 aliphatic carbocycles. The summed E-state index contributed by atoms with van der Waals surface area (Å²) in [5, 5.41) is 0. The minimum Gasteiger partial charge on any atom is -0.294 e. The van der Waals surface area contributed by atoms with Crippen molar-refractivity contribution in [1.29, 1.82) is 0 Å². The fraction of sp³-hybridized carbons (Fsp3) is 1.00. The molecule has 0 N–H and O–H groups in total. The van der Waals surface area contributed by atoms with E-state index < -0.39 is 3.79 Å². The van der Waals surface area contributed by atoms with Gasteiger partial charge >= 0.3 is 0 Å². The normalized spacial score (nSPS) is 13.5. The SMILES string of the molecule is CC(C)N(CC(Cl)(Cl)Cl)C(C)C. The lowest BCUT2D eigenvalue weighted by molar-refractivity contribution is 0.179. The van der Waals surface area contributed by atoms with Gasteiger partial charge < -0.3 is 0 Å². The standard InChI is InChI=1S/C8H16Cl3N/c1-6(2)12(7(3)4)5-8(9,10)11/h6-7H,5H2,1-4H3. The average molecular weight is 233 g/mol. The van der Waals surface area contributed by atoms with Gasteiger partial charge in [0.2, 0.25) is 3.79 Å². The van der Waals surface area contributed by atoms with Gasteiger partial charge in [0.25, 0.3) is 0 Å². The van der Waals surface area contributed by atoms with Crippen LogP contribution in [0.3, 0.4) is 0 Å². The highest BCUT2D eigenvalue weighted by molar-refractivity contribution is 6.67. The van der Waals surface area contributed by atoms with E-state index in [9.17, 15) is 0 Å². The van der Waals surface area contributed by atoms with Gasteiger partial charge in [-0.3, -0.25) is 4.90 Å². The smallest absolute Gasteiger partial charge is 0.203 e. The Balaban J connectivity index is 4.15. The number of hydrogen-bond acceptors (Lipinski definition) is 1. The summed E-state index contributed by atoms with van der Waals surface area (Å²) in [4.78, 5) is 2.15. The summed E-state index contributed by atoms with van der Waals surface area (Å²) in [6.45, 7) is 8.85. The van der Waals surface area contributed by atoms with Gasteiger partial charge in [0.15, 0.2) is 0 Å². The molecular weight excluding hydrogens is 216 g/mol. The first-order valence-corrected chi connectivity index (χ1v) is 5.20. The van der Waals surface area contributed by atoms with Gasteiger partial charge in [-0.25, -0.2) is 0 Å². The summed E-state index contributed by atoms with van der Waals surface area (Å²) in [5.74, 6) is 0. The third kappa shape index (κ3) is 5.47. The van der Waals surface area contributed by atoms with Crippen LogP contribution in [0.1, 0.15) is 27.7 Å². The lowest BCUT2D eigenvalue weighted by atomic mass is 10.2. The predicted octanol–water partition coefficient (Wildman–Crippen LogP) is 3.48. The van der Waals surface area contributed by atoms with Crippen molar-refractivity contribution in [2.24, 2.45) is 0 Å². The molecule has 0 unspecified atom stereocenters. The molecule has 0 spiro atoms. The van der Waals surface area contributed by atoms with Crippen molar-refractivity contribution in [3.8, 4) is 0 Å². The largest absolute Gasteiger partial charge is 0.294 e. The molecule has 0 aromatic rings. The Labute approximate surface area is 90.0 Å². The molecular formula is C8H16Cl3N. The number of rotatable bonds is 3. The van der Waals surface area contributed by atoms with Crippen molar-refractivity contribution in [3.63, 3.8) is 0 Å². The number of hydrogen-bond donors (Lipinski definition) is 0. The molecule has 1 nitrogen and oxygen atoms in total. The van der Waals surface area contributed by atoms with E-state index in [4.69, 9.17) is 34.8 Å². The lowest BCUT2D eigenvalue weighted by Crippen LogP contribution is -2.42. The highest BCUT2D eigenvalue weighted by Crippen LogP contribution is 2.28. The van der Waals surface area contributed by atoms with E-state index in [1.165, 1.54) is 0 Å². The summed E-state index contributed by atoms with van der Waals surface area (Å²) >= 11 is 17.1. The molecule has 0 saturated heterocycles. The molecule has 0 bridgehead atoms. The molecule has 0 aromatic carbocycles. The molecule has 0 radical (unpaired) electrons. The second kappa shape index (κ2) is 4.90. The second-order valence-corrected chi connectivity index (χ2v) is 5.99. The lowest BCUT2D eigenvalue weighted by Gasteiger charge is -2.32. The first kappa shape index (κ1) is 12.8. The highest BCUT2D eigenvalue weighted by atomic mass is 35.6. The first-order chi connectivity index (χ1) is 5.24. The minimum atomic E-state index is -1.17. The van der Waals surface area contributed by atoms with Crippen LogP contribution in [0.2, 0.25) is 0 Å². The van der Waals surface area contributed by atoms with E-state index in [0.717, 1.165) is 0 Å². The molecule has 74 valence electrons. The summed E-state index contributed by atoms with van der Waals surface area (Å²) in [7, 11) is 0. The van der Waals surface area contributed by atoms with Crippen LogP contribution in [-0.4, -0.2) is 27.3 Å². The molecule has 12 heavy (non-hydrogen) atoms. The summed E-state index contributed by atoms with van der Waals surface area (Å²) in [6.07, 6.45) is 0. The average Bonchev–Trinajstić information content (AvgIpc) is 1.79. The van der Waals surface area contributed by atoms with Crippen LogP contribution in [0.4, 0.5) is 0 Å². The van der Waals surface area contributed by atoms with Crippen LogP contribution >= 0.6 is 34.8 Å². The first-order valence-electron chi connectivity index (χ1n) is 4.06. The fourth-order valence-electron chi connectivity index (χ4n) is 1.17. The summed E-state index contributed by atoms with van der Waals surface area (Å²) in [6, 6.07) is 0.807. The summed E-state index contributed by atoms with van der Waals surface area (Å²) < 4.78 is -1.17. The van der Waals surface area contributed by atoms with E-state index in [-0.39, 0.29) is 0 Å². The molecule has 0 atom stereocenters. The minimum absolute atomic E-state index is 0.403. The number of halogens is 3. The number of alkyl halides is 3. The summed E-state index contributed by atoms with van der Waals surface area (Å²) in [5.41, 5.74) is 0. The Morgan fingerprint density at radius 1 is 1.00 bits per heavy atom. The highest BCUT2D eigenvalue weighted by Gasteiger charge is 2.26. The van der Waals surface area contributed by atoms with Crippen molar-refractivity contribution < 1.29 is 0 Å². The fourth-order valence-corrected chi connectivity index (χ4v) is 1.58. The van der Waals surface area contributed by atoms with Crippen molar-refractivity contribution in [1.82, 2.24) is 4.90 Å². The van der Waals surface area contributed by atoms with Crippen molar-refractivity contribution in [2.45, 2.75) is 43.6 Å². The molecule has 0 amide bonds. The monoisotopic (exact) mass is 231 g/mol. The third-order valence-corrected chi connectivity index (χ3v) is 2.05. The van der Waals surface area contributed by atoms with Crippen LogP contribution in [0.5, 0.6) is 0 Å². The molecule has 0 fully saturated rings. The van der Waals surface area contributed by atoms with Crippen molar-refractivity contribution in [2.75, 3.05) is 6.54 Å². The maximum Gasteiger partial charge on any atom is 0.203 e. The van der Waals surface area contributed by atoms with Crippen molar-refractivity contribution in [3.05, 3.63) is 0 Å². The molecule has 0 saturated carbocycles. The Morgan fingerprint density at radius 3 is 1.42 bits per heavy atom. The Bertz CT molecular complexity index is 121. The molecule has 0 heterocycles. The van der Waals surface area contributed by atoms with Gasteiger partial charge in [-0.15, -0.1) is 0 Å². The zero-order valence-corrected chi connectivity index (χ0v) is 10.2. The van der Waals surface area contributed by atoms with E-state index in [1.54, 1.807) is 0 Å². The van der Waals surface area contributed by atoms with Gasteiger partial charge in [-0.1, -0.05) is 34.8 Å². The van der Waals surface area contributed by atoms with E-state index >= 15 is 0 Å². The van der Waals surface area contributed by atoms with Gasteiger partial charge in [0.05, 0.1) is 0 Å². The van der Waals surface area contributed by atoms with Crippen LogP contribution in [0.15, 0.2) is 0 Å². The Hall–Kier alpha value is 0.830. The second-order valence-electron chi connectivity index (χ2n) is 3.48. The van der Waals surface area contributed by atoms with Gasteiger partial charge in [0, 0.05) is 18.6 Å². The van der Waals surface area contributed by atoms with Crippen molar-refractivity contribution >= 4 is 34.8 Å². The van der Waals surface area contributed by atoms with Crippen LogP contribution in [-0.2, 0) is 0 Å². The van der Waals surface area contributed by atoms with Gasteiger partial charge in [0.1, 0.15) is 0 Å². The van der Waals surface area contributed by atoms with Gasteiger partial charge in [-0.2, -0.15) is 0 Å². The van der Waals surface area contributed by atoms with E-state index in [2.05, 4.69) is 32.6 Å². The maximum atomic E-state index is 5.71. The molecule has 0 aliphatic heterocycles. The molecule has 4 heteroatoms. The molecule has 0 aliphatic rings. The predicted molar refractivity (Wildman–Crippen MR) is 57.3 cm³/mol. The Kier molecular flexibility index (Phi) is 5.24. The quantitative estimate of drug-likeness (QED) is 0.674. The third-order valence-electron chi connectivity index (χ3n) is 1.69. The van der Waals surface area contributed by atoms with Crippen LogP contribution in [0.25, 0.3) is 0 Å². The van der Waals surface area contributed by atoms with Crippen LogP contribution in [0, 0.1) is 0 Å². The van der Waals surface area contributed by atoms with Crippen LogP contribution < -0.4 is 0 Å². The zero-order valence-electron chi connectivity index (χ0n) is 7.94. The van der Waals surface area contributed by atoms with E-state index in [0.29, 0.717) is 18.6 Å². The zero-order chi connectivity index (χ0) is 9.94. The molecule has 0 rings (SSSR count). The topological polar surface area (TPSA) is 3.24 Å². The maximum absolute atomic E-state index is 5.71. The van der Waals surface area contributed by atoms with Gasteiger partial charge in [-0.05, 0) is 27.7 Å². The molecule has 0 aromatic heterocycles. The number of nitrogens with zero attached hydrogens (tertiary/aromatic N) is 1. The van der Waals surface area contributed by atoms with E-state index in [1.807, 2.05) is 0 Å².